The first kappa shape index (κ1) is 23.1. The summed E-state index contributed by atoms with van der Waals surface area (Å²) in [4.78, 5) is 25.7. The fraction of sp³-hybridized carbons (Fsp3) is 0.318. The minimum atomic E-state index is -0.185. The van der Waals surface area contributed by atoms with Gasteiger partial charge in [0.1, 0.15) is 5.75 Å². The van der Waals surface area contributed by atoms with Crippen LogP contribution in [0.1, 0.15) is 11.1 Å². The number of nitrogens with one attached hydrogen (secondary N) is 1. The molecule has 3 rings (SSSR count). The van der Waals surface area contributed by atoms with Crippen LogP contribution in [0.5, 0.6) is 5.75 Å². The Morgan fingerprint density at radius 1 is 1.16 bits per heavy atom. The minimum Gasteiger partial charge on any atom is -0.484 e. The third kappa shape index (κ3) is 7.90. The van der Waals surface area contributed by atoms with E-state index >= 15 is 0 Å². The highest BCUT2D eigenvalue weighted by Gasteiger charge is 2.17. The zero-order valence-corrected chi connectivity index (χ0v) is 18.5. The zero-order valence-electron chi connectivity index (χ0n) is 17.0. The molecule has 0 aliphatic carbocycles. The molecule has 0 atom stereocenters. The number of thioether (sulfide) groups is 1. The second-order valence-corrected chi connectivity index (χ2v) is 8.12. The second kappa shape index (κ2) is 12.3. The highest BCUT2D eigenvalue weighted by molar-refractivity contribution is 7.99. The Hall–Kier alpha value is -2.55. The van der Waals surface area contributed by atoms with Crippen LogP contribution < -0.4 is 10.2 Å². The van der Waals surface area contributed by atoms with E-state index in [0.29, 0.717) is 42.8 Å². The number of halogens is 1. The number of hydrogen-bond donors (Lipinski definition) is 1. The van der Waals surface area contributed by atoms with Crippen molar-refractivity contribution in [3.05, 3.63) is 64.7 Å². The molecule has 9 heteroatoms. The van der Waals surface area contributed by atoms with Crippen molar-refractivity contribution < 1.29 is 19.1 Å². The summed E-state index contributed by atoms with van der Waals surface area (Å²) in [5.74, 6) is 1.30. The summed E-state index contributed by atoms with van der Waals surface area (Å²) in [5, 5.41) is 4.67. The molecule has 1 aliphatic heterocycles. The van der Waals surface area contributed by atoms with E-state index in [1.807, 2.05) is 24.3 Å². The Morgan fingerprint density at radius 3 is 2.65 bits per heavy atom. The lowest BCUT2D eigenvalue weighted by Crippen LogP contribution is -2.42. The smallest absolute Gasteiger partial charge is 0.260 e. The number of carbonyl (C=O) groups excluding carboxylic acids is 2. The number of rotatable bonds is 9. The van der Waals surface area contributed by atoms with Gasteiger partial charge >= 0.3 is 0 Å². The topological polar surface area (TPSA) is 80.2 Å². The number of hydrazone groups is 1. The van der Waals surface area contributed by atoms with Gasteiger partial charge in [0.2, 0.25) is 5.91 Å². The largest absolute Gasteiger partial charge is 0.484 e. The summed E-state index contributed by atoms with van der Waals surface area (Å²) in [5.41, 5.74) is 4.31. The summed E-state index contributed by atoms with van der Waals surface area (Å²) in [7, 11) is 0. The number of morpholine rings is 1. The van der Waals surface area contributed by atoms with Crippen molar-refractivity contribution in [1.82, 2.24) is 10.3 Å². The van der Waals surface area contributed by atoms with E-state index in [1.165, 1.54) is 11.8 Å². The van der Waals surface area contributed by atoms with Crippen molar-refractivity contribution in [2.24, 2.45) is 5.10 Å². The first-order chi connectivity index (χ1) is 15.1. The van der Waals surface area contributed by atoms with Crippen LogP contribution in [0.2, 0.25) is 5.02 Å². The van der Waals surface area contributed by atoms with Crippen molar-refractivity contribution in [2.75, 3.05) is 38.7 Å². The van der Waals surface area contributed by atoms with Gasteiger partial charge in [0.15, 0.2) is 6.61 Å². The molecule has 1 fully saturated rings. The van der Waals surface area contributed by atoms with E-state index in [4.69, 9.17) is 21.1 Å². The van der Waals surface area contributed by atoms with Crippen LogP contribution >= 0.6 is 23.4 Å². The van der Waals surface area contributed by atoms with Gasteiger partial charge in [0, 0.05) is 23.9 Å². The van der Waals surface area contributed by atoms with Crippen LogP contribution in [0.25, 0.3) is 0 Å². The van der Waals surface area contributed by atoms with Gasteiger partial charge in [-0.15, -0.1) is 11.8 Å². The molecule has 1 saturated heterocycles. The van der Waals surface area contributed by atoms with Gasteiger partial charge in [-0.05, 0) is 41.5 Å². The summed E-state index contributed by atoms with van der Waals surface area (Å²) in [6.07, 6.45) is 1.55. The molecule has 2 aromatic rings. The first-order valence-electron chi connectivity index (χ1n) is 9.83. The van der Waals surface area contributed by atoms with E-state index in [0.717, 1.165) is 11.1 Å². The molecule has 2 aromatic carbocycles. The Labute approximate surface area is 190 Å². The average molecular weight is 462 g/mol. The number of amides is 2. The van der Waals surface area contributed by atoms with Gasteiger partial charge in [-0.2, -0.15) is 5.10 Å². The molecule has 0 radical (unpaired) electrons. The SMILES string of the molecule is O=C(CSCc1ccccc1Cl)NN=Cc1ccc(OCC(=O)N2CCOCC2)cc1. The monoisotopic (exact) mass is 461 g/mol. The van der Waals surface area contributed by atoms with Gasteiger partial charge in [0.05, 0.1) is 25.2 Å². The van der Waals surface area contributed by atoms with Gasteiger partial charge in [-0.1, -0.05) is 29.8 Å². The van der Waals surface area contributed by atoms with Crippen LogP contribution in [-0.2, 0) is 20.1 Å². The molecule has 1 N–H and O–H groups in total. The van der Waals surface area contributed by atoms with Crippen molar-refractivity contribution >= 4 is 41.4 Å². The van der Waals surface area contributed by atoms with Crippen LogP contribution in [0, 0.1) is 0 Å². The Kier molecular flexibility index (Phi) is 9.20. The maximum atomic E-state index is 12.1. The third-order valence-electron chi connectivity index (χ3n) is 4.46. The van der Waals surface area contributed by atoms with Crippen molar-refractivity contribution in [3.63, 3.8) is 0 Å². The number of ether oxygens (including phenoxy) is 2. The molecule has 7 nitrogen and oxygen atoms in total. The van der Waals surface area contributed by atoms with Crippen LogP contribution in [0.3, 0.4) is 0 Å². The number of benzene rings is 2. The lowest BCUT2D eigenvalue weighted by atomic mass is 10.2. The minimum absolute atomic E-state index is 0.00461. The Balaban J connectivity index is 1.35. The number of carbonyl (C=O) groups is 2. The van der Waals surface area contributed by atoms with Crippen LogP contribution in [0.4, 0.5) is 0 Å². The predicted octanol–water partition coefficient (Wildman–Crippen LogP) is 2.96. The van der Waals surface area contributed by atoms with Crippen molar-refractivity contribution in [1.29, 1.82) is 0 Å². The molecule has 164 valence electrons. The standard InChI is InChI=1S/C22H24ClN3O4S/c23-20-4-2-1-3-18(20)15-31-16-21(27)25-24-13-17-5-7-19(8-6-17)30-14-22(28)26-9-11-29-12-10-26/h1-8,13H,9-12,14-16H2,(H,25,27). The molecule has 0 saturated carbocycles. The molecule has 0 unspecified atom stereocenters. The molecule has 31 heavy (non-hydrogen) atoms. The Bertz CT molecular complexity index is 902. The summed E-state index contributed by atoms with van der Waals surface area (Å²) >= 11 is 7.57. The van der Waals surface area contributed by atoms with E-state index in [2.05, 4.69) is 10.5 Å². The Morgan fingerprint density at radius 2 is 1.90 bits per heavy atom. The summed E-state index contributed by atoms with van der Waals surface area (Å²) in [6, 6.07) is 14.7. The van der Waals surface area contributed by atoms with Crippen molar-refractivity contribution in [3.8, 4) is 5.75 Å². The molecule has 1 aliphatic rings. The number of hydrogen-bond acceptors (Lipinski definition) is 6. The summed E-state index contributed by atoms with van der Waals surface area (Å²) < 4.78 is 10.8. The maximum absolute atomic E-state index is 12.1. The fourth-order valence-corrected chi connectivity index (χ4v) is 3.88. The highest BCUT2D eigenvalue weighted by Crippen LogP contribution is 2.20. The first-order valence-corrected chi connectivity index (χ1v) is 11.4. The van der Waals surface area contributed by atoms with Crippen molar-refractivity contribution in [2.45, 2.75) is 5.75 Å². The van der Waals surface area contributed by atoms with Gasteiger partial charge in [-0.25, -0.2) is 5.43 Å². The average Bonchev–Trinajstić information content (AvgIpc) is 2.80. The summed E-state index contributed by atoms with van der Waals surface area (Å²) in [6.45, 7) is 2.33. The molecular formula is C22H24ClN3O4S. The van der Waals surface area contributed by atoms with Gasteiger partial charge < -0.3 is 14.4 Å². The predicted molar refractivity (Wildman–Crippen MR) is 123 cm³/mol. The fourth-order valence-electron chi connectivity index (χ4n) is 2.78. The van der Waals surface area contributed by atoms with E-state index in [1.54, 1.807) is 35.4 Å². The van der Waals surface area contributed by atoms with Crippen LogP contribution in [-0.4, -0.2) is 61.6 Å². The molecule has 2 amide bonds. The zero-order chi connectivity index (χ0) is 21.9. The van der Waals surface area contributed by atoms with E-state index < -0.39 is 0 Å². The lowest BCUT2D eigenvalue weighted by molar-refractivity contribution is -0.137. The van der Waals surface area contributed by atoms with Gasteiger partial charge in [0.25, 0.3) is 5.91 Å². The van der Waals surface area contributed by atoms with Crippen LogP contribution in [0.15, 0.2) is 53.6 Å². The molecule has 0 bridgehead atoms. The number of nitrogens with zero attached hydrogens (tertiary/aromatic N) is 2. The molecule has 0 aromatic heterocycles. The third-order valence-corrected chi connectivity index (χ3v) is 5.81. The second-order valence-electron chi connectivity index (χ2n) is 6.73. The van der Waals surface area contributed by atoms with Gasteiger partial charge in [-0.3, -0.25) is 9.59 Å². The van der Waals surface area contributed by atoms with E-state index in [-0.39, 0.29) is 24.2 Å². The highest BCUT2D eigenvalue weighted by atomic mass is 35.5. The van der Waals surface area contributed by atoms with E-state index in [9.17, 15) is 9.59 Å². The normalized spacial score (nSPS) is 13.9. The molecular weight excluding hydrogens is 438 g/mol. The quantitative estimate of drug-likeness (QED) is 0.458. The lowest BCUT2D eigenvalue weighted by Gasteiger charge is -2.26. The molecule has 0 spiro atoms. The maximum Gasteiger partial charge on any atom is 0.260 e. The molecule has 1 heterocycles.